The molecule has 0 bridgehead atoms. The molecule has 1 N–H and O–H groups in total. The molecule has 3 rings (SSSR count). The van der Waals surface area contributed by atoms with Gasteiger partial charge >= 0.3 is 11.7 Å². The summed E-state index contributed by atoms with van der Waals surface area (Å²) in [6, 6.07) is 16.4. The average molecular weight is 374 g/mol. The van der Waals surface area contributed by atoms with E-state index in [0.29, 0.717) is 22.4 Å². The van der Waals surface area contributed by atoms with Crippen molar-refractivity contribution in [3.8, 4) is 12.1 Å². The van der Waals surface area contributed by atoms with Crippen LogP contribution in [0.4, 0.5) is 5.69 Å². The minimum Gasteiger partial charge on any atom is -0.477 e. The first-order valence-corrected chi connectivity index (χ1v) is 8.21. The number of oxime groups is 1. The van der Waals surface area contributed by atoms with Gasteiger partial charge in [0, 0.05) is 18.2 Å². The number of nitriles is 2. The number of carbonyl (C=O) groups excluding carboxylic acids is 1. The van der Waals surface area contributed by atoms with Gasteiger partial charge in [0.25, 0.3) is 0 Å². The topological polar surface area (TPSA) is 127 Å². The second-order valence-corrected chi connectivity index (χ2v) is 6.10. The van der Waals surface area contributed by atoms with E-state index >= 15 is 0 Å². The van der Waals surface area contributed by atoms with Crippen molar-refractivity contribution in [3.05, 3.63) is 65.2 Å². The summed E-state index contributed by atoms with van der Waals surface area (Å²) in [4.78, 5) is 30.9. The van der Waals surface area contributed by atoms with E-state index in [1.807, 2.05) is 12.1 Å². The molecule has 1 amide bonds. The van der Waals surface area contributed by atoms with E-state index in [1.165, 1.54) is 31.2 Å². The molecule has 28 heavy (non-hydrogen) atoms. The molecule has 0 aliphatic carbocycles. The third kappa shape index (κ3) is 3.15. The van der Waals surface area contributed by atoms with E-state index < -0.39 is 17.6 Å². The Hall–Kier alpha value is -4.17. The van der Waals surface area contributed by atoms with Crippen LogP contribution in [0.5, 0.6) is 0 Å². The van der Waals surface area contributed by atoms with E-state index in [0.717, 1.165) is 4.90 Å². The summed E-state index contributed by atoms with van der Waals surface area (Å²) in [5.41, 5.74) is -0.211. The van der Waals surface area contributed by atoms with Crippen molar-refractivity contribution in [2.24, 2.45) is 5.16 Å². The van der Waals surface area contributed by atoms with Gasteiger partial charge in [0.1, 0.15) is 0 Å². The highest BCUT2D eigenvalue weighted by Crippen LogP contribution is 2.35. The number of amides is 1. The van der Waals surface area contributed by atoms with E-state index in [2.05, 4.69) is 5.16 Å². The smallest absolute Gasteiger partial charge is 0.373 e. The maximum Gasteiger partial charge on any atom is 0.373 e. The van der Waals surface area contributed by atoms with Crippen molar-refractivity contribution in [2.45, 2.75) is 19.1 Å². The lowest BCUT2D eigenvalue weighted by molar-refractivity contribution is -0.164. The van der Waals surface area contributed by atoms with Crippen LogP contribution in [0, 0.1) is 22.7 Å². The summed E-state index contributed by atoms with van der Waals surface area (Å²) >= 11 is 0. The van der Waals surface area contributed by atoms with E-state index in [1.54, 1.807) is 24.3 Å². The molecule has 2 aromatic carbocycles. The van der Waals surface area contributed by atoms with Crippen molar-refractivity contribution in [3.63, 3.8) is 0 Å². The lowest BCUT2D eigenvalue weighted by atomic mass is 9.97. The first-order chi connectivity index (χ1) is 13.4. The first kappa shape index (κ1) is 18.6. The van der Waals surface area contributed by atoms with Crippen molar-refractivity contribution < 1.29 is 19.5 Å². The van der Waals surface area contributed by atoms with Crippen LogP contribution in [0.2, 0.25) is 0 Å². The van der Waals surface area contributed by atoms with Gasteiger partial charge in [-0.2, -0.15) is 10.5 Å². The molecule has 0 radical (unpaired) electrons. The van der Waals surface area contributed by atoms with Crippen molar-refractivity contribution in [1.82, 2.24) is 0 Å². The molecule has 2 aromatic rings. The minimum atomic E-state index is -2.07. The van der Waals surface area contributed by atoms with Gasteiger partial charge in [-0.1, -0.05) is 17.3 Å². The van der Waals surface area contributed by atoms with E-state index in [4.69, 9.17) is 15.4 Å². The predicted molar refractivity (Wildman–Crippen MR) is 98.1 cm³/mol. The molecular formula is C20H14N4O4. The standard InChI is InChI=1S/C20H14N4O4/c1-13(25)24(17-7-5-14(11-21)6-8-17)20(19(26)27)10-18(23-28-20)16-4-2-3-15(9-16)12-22/h2-9H,10H2,1H3,(H,26,27). The number of hydrogen-bond donors (Lipinski definition) is 1. The van der Waals surface area contributed by atoms with Crippen LogP contribution in [-0.4, -0.2) is 28.4 Å². The molecule has 8 heteroatoms. The minimum absolute atomic E-state index is 0.212. The van der Waals surface area contributed by atoms with Gasteiger partial charge in [-0.05, 0) is 36.4 Å². The third-order valence-electron chi connectivity index (χ3n) is 4.30. The highest BCUT2D eigenvalue weighted by molar-refractivity contribution is 6.08. The second-order valence-electron chi connectivity index (χ2n) is 6.10. The Balaban J connectivity index is 2.02. The predicted octanol–water partition coefficient (Wildman–Crippen LogP) is 2.39. The Morgan fingerprint density at radius 3 is 2.39 bits per heavy atom. The highest BCUT2D eigenvalue weighted by Gasteiger charge is 2.54. The van der Waals surface area contributed by atoms with Crippen LogP contribution in [0.3, 0.4) is 0 Å². The van der Waals surface area contributed by atoms with Gasteiger partial charge < -0.3 is 9.94 Å². The van der Waals surface area contributed by atoms with Crippen LogP contribution >= 0.6 is 0 Å². The Bertz CT molecular complexity index is 1060. The number of anilines is 1. The fourth-order valence-corrected chi connectivity index (χ4v) is 3.01. The Morgan fingerprint density at radius 1 is 1.14 bits per heavy atom. The summed E-state index contributed by atoms with van der Waals surface area (Å²) in [6.45, 7) is 1.22. The molecule has 0 aromatic heterocycles. The number of carboxylic acids is 1. The Kier molecular flexibility index (Phi) is 4.80. The second kappa shape index (κ2) is 7.22. The van der Waals surface area contributed by atoms with Crippen LogP contribution < -0.4 is 4.90 Å². The van der Waals surface area contributed by atoms with Crippen LogP contribution in [-0.2, 0) is 14.4 Å². The molecule has 1 unspecified atom stereocenters. The fraction of sp³-hybridized carbons (Fsp3) is 0.150. The number of rotatable bonds is 4. The fourth-order valence-electron chi connectivity index (χ4n) is 3.01. The molecule has 1 atom stereocenters. The average Bonchev–Trinajstić information content (AvgIpc) is 3.15. The molecule has 0 saturated heterocycles. The van der Waals surface area contributed by atoms with Crippen LogP contribution in [0.1, 0.15) is 30.0 Å². The van der Waals surface area contributed by atoms with Gasteiger partial charge in [0.2, 0.25) is 5.91 Å². The van der Waals surface area contributed by atoms with Crippen molar-refractivity contribution in [1.29, 1.82) is 10.5 Å². The number of carboxylic acid groups (broad SMARTS) is 1. The molecule has 1 aliphatic heterocycles. The maximum absolute atomic E-state index is 12.4. The maximum atomic E-state index is 12.4. The lowest BCUT2D eigenvalue weighted by Gasteiger charge is -2.34. The summed E-state index contributed by atoms with van der Waals surface area (Å²) in [7, 11) is 0. The van der Waals surface area contributed by atoms with E-state index in [9.17, 15) is 14.7 Å². The molecule has 138 valence electrons. The number of benzene rings is 2. The molecule has 1 heterocycles. The molecule has 8 nitrogen and oxygen atoms in total. The summed E-state index contributed by atoms with van der Waals surface area (Å²) in [5, 5.41) is 31.8. The zero-order chi connectivity index (χ0) is 20.3. The van der Waals surface area contributed by atoms with Gasteiger partial charge in [-0.3, -0.25) is 9.69 Å². The van der Waals surface area contributed by atoms with Gasteiger partial charge in [0.15, 0.2) is 0 Å². The zero-order valence-electron chi connectivity index (χ0n) is 14.8. The molecule has 0 fully saturated rings. The van der Waals surface area contributed by atoms with Gasteiger partial charge in [0.05, 0.1) is 35.4 Å². The highest BCUT2D eigenvalue weighted by atomic mass is 16.7. The lowest BCUT2D eigenvalue weighted by Crippen LogP contribution is -2.57. The number of carbonyl (C=O) groups is 2. The molecule has 0 saturated carbocycles. The van der Waals surface area contributed by atoms with Crippen LogP contribution in [0.25, 0.3) is 0 Å². The van der Waals surface area contributed by atoms with E-state index in [-0.39, 0.29) is 12.1 Å². The van der Waals surface area contributed by atoms with Crippen molar-refractivity contribution >= 4 is 23.3 Å². The Labute approximate surface area is 160 Å². The summed E-state index contributed by atoms with van der Waals surface area (Å²) in [5.74, 6) is -1.95. The SMILES string of the molecule is CC(=O)N(c1ccc(C#N)cc1)C1(C(=O)O)CC(c2cccc(C#N)c2)=NO1. The summed E-state index contributed by atoms with van der Waals surface area (Å²) < 4.78 is 0. The number of nitrogens with zero attached hydrogens (tertiary/aromatic N) is 4. The van der Waals surface area contributed by atoms with Gasteiger partial charge in [-0.15, -0.1) is 0 Å². The zero-order valence-corrected chi connectivity index (χ0v) is 14.8. The molecular weight excluding hydrogens is 360 g/mol. The normalized spacial score (nSPS) is 17.6. The van der Waals surface area contributed by atoms with Crippen LogP contribution in [0.15, 0.2) is 53.7 Å². The number of aliphatic carboxylic acids is 1. The molecule has 1 aliphatic rings. The summed E-state index contributed by atoms with van der Waals surface area (Å²) in [6.07, 6.45) is -0.212. The third-order valence-corrected chi connectivity index (χ3v) is 4.30. The number of hydrogen-bond acceptors (Lipinski definition) is 6. The quantitative estimate of drug-likeness (QED) is 0.875. The first-order valence-electron chi connectivity index (χ1n) is 8.21. The van der Waals surface area contributed by atoms with Gasteiger partial charge in [-0.25, -0.2) is 4.79 Å². The monoisotopic (exact) mass is 374 g/mol. The Morgan fingerprint density at radius 2 is 1.82 bits per heavy atom. The van der Waals surface area contributed by atoms with Crippen molar-refractivity contribution in [2.75, 3.05) is 4.90 Å². The molecule has 0 spiro atoms. The largest absolute Gasteiger partial charge is 0.477 e.